The van der Waals surface area contributed by atoms with Gasteiger partial charge in [0, 0.05) is 14.6 Å². The van der Waals surface area contributed by atoms with E-state index in [1.807, 2.05) is 0 Å². The fraction of sp³-hybridized carbons (Fsp3) is 0.462. The number of rotatable bonds is 3. The van der Waals surface area contributed by atoms with E-state index in [4.69, 9.17) is 5.73 Å². The molecule has 0 aliphatic carbocycles. The lowest BCUT2D eigenvalue weighted by Gasteiger charge is -2.07. The summed E-state index contributed by atoms with van der Waals surface area (Å²) in [5.41, 5.74) is 8.73. The summed E-state index contributed by atoms with van der Waals surface area (Å²) in [7, 11) is 0. The van der Waals surface area contributed by atoms with E-state index in [2.05, 4.69) is 38.7 Å². The van der Waals surface area contributed by atoms with E-state index < -0.39 is 0 Å². The minimum Gasteiger partial charge on any atom is -0.318 e. The molecule has 2 aromatic heterocycles. The molecule has 92 valence electrons. The molecule has 0 fully saturated rings. The summed E-state index contributed by atoms with van der Waals surface area (Å²) in [5.74, 6) is 0. The molecule has 2 heterocycles. The second-order valence-electron chi connectivity index (χ2n) is 4.25. The van der Waals surface area contributed by atoms with E-state index in [0.717, 1.165) is 11.4 Å². The van der Waals surface area contributed by atoms with Crippen LogP contribution in [0.3, 0.4) is 0 Å². The molecule has 2 rings (SSSR count). The fourth-order valence-corrected chi connectivity index (χ4v) is 4.01. The molecule has 2 N–H and O–H groups in total. The van der Waals surface area contributed by atoms with Crippen LogP contribution in [0, 0.1) is 20.8 Å². The molecule has 1 unspecified atom stereocenters. The number of hydrogen-bond acceptors (Lipinski definition) is 4. The Kier molecular flexibility index (Phi) is 3.66. The summed E-state index contributed by atoms with van der Waals surface area (Å²) in [6.45, 7) is 8.52. The number of hydrogen-bond donors (Lipinski definition) is 1. The number of aromatic nitrogens is 1. The predicted molar refractivity (Wildman–Crippen MR) is 76.1 cm³/mol. The van der Waals surface area contributed by atoms with Crippen molar-refractivity contribution in [2.24, 2.45) is 5.73 Å². The van der Waals surface area contributed by atoms with Crippen molar-refractivity contribution in [3.63, 3.8) is 0 Å². The Bertz CT molecular complexity index is 526. The number of aryl methyl sites for hydroxylation is 4. The zero-order valence-electron chi connectivity index (χ0n) is 10.7. The Balaban J connectivity index is 2.36. The van der Waals surface area contributed by atoms with Crippen molar-refractivity contribution in [2.45, 2.75) is 40.2 Å². The molecule has 2 aromatic rings. The quantitative estimate of drug-likeness (QED) is 0.919. The van der Waals surface area contributed by atoms with Crippen molar-refractivity contribution in [2.75, 3.05) is 0 Å². The van der Waals surface area contributed by atoms with Crippen molar-refractivity contribution >= 4 is 22.7 Å². The van der Waals surface area contributed by atoms with Crippen molar-refractivity contribution < 1.29 is 0 Å². The predicted octanol–water partition coefficient (Wildman–Crippen LogP) is 3.74. The molecule has 0 amide bonds. The second kappa shape index (κ2) is 4.88. The third-order valence-corrected chi connectivity index (χ3v) is 5.00. The van der Waals surface area contributed by atoms with Gasteiger partial charge in [-0.1, -0.05) is 6.92 Å². The Labute approximate surface area is 111 Å². The van der Waals surface area contributed by atoms with E-state index in [1.54, 1.807) is 22.7 Å². The lowest BCUT2D eigenvalue weighted by atomic mass is 10.1. The minimum absolute atomic E-state index is 0.0658. The van der Waals surface area contributed by atoms with Crippen LogP contribution in [0.15, 0.2) is 6.07 Å². The standard InChI is InChI=1S/C13H18N2S2/c1-5-11-9(4)17-13(15-11)12(14)10-6-7(2)16-8(10)3/h6,12H,5,14H2,1-4H3. The minimum atomic E-state index is -0.0658. The molecule has 17 heavy (non-hydrogen) atoms. The summed E-state index contributed by atoms with van der Waals surface area (Å²) in [5, 5.41) is 1.04. The number of thiophene rings is 1. The van der Waals surface area contributed by atoms with Crippen molar-refractivity contribution in [3.8, 4) is 0 Å². The molecule has 0 saturated heterocycles. The van der Waals surface area contributed by atoms with Crippen LogP contribution in [0.1, 0.15) is 43.9 Å². The van der Waals surface area contributed by atoms with Gasteiger partial charge in [-0.3, -0.25) is 0 Å². The Morgan fingerprint density at radius 2 is 1.94 bits per heavy atom. The van der Waals surface area contributed by atoms with Crippen LogP contribution in [0.2, 0.25) is 0 Å². The maximum absolute atomic E-state index is 6.32. The smallest absolute Gasteiger partial charge is 0.114 e. The first kappa shape index (κ1) is 12.7. The van der Waals surface area contributed by atoms with Gasteiger partial charge in [-0.05, 0) is 38.8 Å². The van der Waals surface area contributed by atoms with Crippen LogP contribution in [-0.2, 0) is 6.42 Å². The van der Waals surface area contributed by atoms with Crippen molar-refractivity contribution in [3.05, 3.63) is 37.0 Å². The van der Waals surface area contributed by atoms with Gasteiger partial charge < -0.3 is 5.73 Å². The lowest BCUT2D eigenvalue weighted by Crippen LogP contribution is -2.11. The Hall–Kier alpha value is -0.710. The van der Waals surface area contributed by atoms with Gasteiger partial charge in [0.05, 0.1) is 11.7 Å². The first-order chi connectivity index (χ1) is 8.02. The van der Waals surface area contributed by atoms with Gasteiger partial charge in [0.15, 0.2) is 0 Å². The molecule has 0 saturated carbocycles. The van der Waals surface area contributed by atoms with Gasteiger partial charge in [0.25, 0.3) is 0 Å². The third-order valence-electron chi connectivity index (χ3n) is 2.92. The van der Waals surface area contributed by atoms with E-state index in [1.165, 1.54) is 25.9 Å². The normalized spacial score (nSPS) is 13.0. The maximum atomic E-state index is 6.32. The van der Waals surface area contributed by atoms with Crippen molar-refractivity contribution in [1.82, 2.24) is 4.98 Å². The molecular formula is C13H18N2S2. The molecule has 0 aromatic carbocycles. The highest BCUT2D eigenvalue weighted by Crippen LogP contribution is 2.32. The highest BCUT2D eigenvalue weighted by Gasteiger charge is 2.18. The molecule has 1 atom stereocenters. The van der Waals surface area contributed by atoms with Gasteiger partial charge >= 0.3 is 0 Å². The van der Waals surface area contributed by atoms with Crippen LogP contribution in [0.5, 0.6) is 0 Å². The first-order valence-corrected chi connectivity index (χ1v) is 7.45. The van der Waals surface area contributed by atoms with Crippen LogP contribution in [0.4, 0.5) is 0 Å². The van der Waals surface area contributed by atoms with Gasteiger partial charge in [0.2, 0.25) is 0 Å². The van der Waals surface area contributed by atoms with E-state index >= 15 is 0 Å². The third kappa shape index (κ3) is 2.44. The van der Waals surface area contributed by atoms with Crippen molar-refractivity contribution in [1.29, 1.82) is 0 Å². The summed E-state index contributed by atoms with van der Waals surface area (Å²) >= 11 is 3.53. The van der Waals surface area contributed by atoms with E-state index in [0.29, 0.717) is 0 Å². The zero-order chi connectivity index (χ0) is 12.6. The largest absolute Gasteiger partial charge is 0.318 e. The van der Waals surface area contributed by atoms with Gasteiger partial charge in [-0.2, -0.15) is 0 Å². The zero-order valence-corrected chi connectivity index (χ0v) is 12.3. The molecule has 4 heteroatoms. The topological polar surface area (TPSA) is 38.9 Å². The monoisotopic (exact) mass is 266 g/mol. The Morgan fingerprint density at radius 3 is 2.41 bits per heavy atom. The molecule has 0 aliphatic rings. The SMILES string of the molecule is CCc1nc(C(N)c2cc(C)sc2C)sc1C. The fourth-order valence-electron chi connectivity index (χ4n) is 2.00. The average molecular weight is 266 g/mol. The number of nitrogens with zero attached hydrogens (tertiary/aromatic N) is 1. The lowest BCUT2D eigenvalue weighted by molar-refractivity contribution is 0.842. The van der Waals surface area contributed by atoms with Gasteiger partial charge in [-0.15, -0.1) is 22.7 Å². The molecule has 0 aliphatic heterocycles. The summed E-state index contributed by atoms with van der Waals surface area (Å²) < 4.78 is 0. The van der Waals surface area contributed by atoms with E-state index in [-0.39, 0.29) is 6.04 Å². The van der Waals surface area contributed by atoms with E-state index in [9.17, 15) is 0 Å². The summed E-state index contributed by atoms with van der Waals surface area (Å²) in [4.78, 5) is 8.57. The average Bonchev–Trinajstić information content (AvgIpc) is 2.80. The number of nitrogens with two attached hydrogens (primary N) is 1. The molecule has 0 bridgehead atoms. The number of thiazole rings is 1. The highest BCUT2D eigenvalue weighted by molar-refractivity contribution is 7.12. The first-order valence-electron chi connectivity index (χ1n) is 5.81. The molecule has 0 radical (unpaired) electrons. The Morgan fingerprint density at radius 1 is 1.24 bits per heavy atom. The molecule has 2 nitrogen and oxygen atoms in total. The maximum Gasteiger partial charge on any atom is 0.114 e. The second-order valence-corrected chi connectivity index (χ2v) is 6.95. The highest BCUT2D eigenvalue weighted by atomic mass is 32.1. The van der Waals surface area contributed by atoms with Crippen LogP contribution in [0.25, 0.3) is 0 Å². The van der Waals surface area contributed by atoms with Gasteiger partial charge in [0.1, 0.15) is 5.01 Å². The van der Waals surface area contributed by atoms with Crippen LogP contribution in [-0.4, -0.2) is 4.98 Å². The summed E-state index contributed by atoms with van der Waals surface area (Å²) in [6, 6.07) is 2.12. The summed E-state index contributed by atoms with van der Waals surface area (Å²) in [6.07, 6.45) is 0.983. The van der Waals surface area contributed by atoms with Crippen LogP contribution < -0.4 is 5.73 Å². The molecule has 0 spiro atoms. The molecular weight excluding hydrogens is 248 g/mol. The van der Waals surface area contributed by atoms with Crippen LogP contribution >= 0.6 is 22.7 Å². The van der Waals surface area contributed by atoms with Gasteiger partial charge in [-0.25, -0.2) is 4.98 Å².